The molecule has 2 aromatic rings. The molecule has 0 aliphatic carbocycles. The Morgan fingerprint density at radius 2 is 2.00 bits per heavy atom. The first-order valence-electron chi connectivity index (χ1n) is 9.19. The Bertz CT molecular complexity index is 796. The maximum absolute atomic E-state index is 11.7. The van der Waals surface area contributed by atoms with Gasteiger partial charge < -0.3 is 15.2 Å². The highest BCUT2D eigenvalue weighted by Gasteiger charge is 2.08. The first-order valence-corrected chi connectivity index (χ1v) is 9.19. The van der Waals surface area contributed by atoms with Gasteiger partial charge in [-0.25, -0.2) is 4.99 Å². The van der Waals surface area contributed by atoms with E-state index >= 15 is 0 Å². The first-order chi connectivity index (χ1) is 12.5. The van der Waals surface area contributed by atoms with Gasteiger partial charge in [0.15, 0.2) is 5.96 Å². The van der Waals surface area contributed by atoms with E-state index in [-0.39, 0.29) is 29.5 Å². The summed E-state index contributed by atoms with van der Waals surface area (Å²) in [7, 11) is 1.96. The summed E-state index contributed by atoms with van der Waals surface area (Å²) in [5, 5.41) is 11.1. The number of unbranched alkanes of at least 4 members (excludes halogenated alkanes) is 1. The predicted molar refractivity (Wildman–Crippen MR) is 121 cm³/mol. The van der Waals surface area contributed by atoms with Crippen LogP contribution in [-0.2, 0) is 20.1 Å². The van der Waals surface area contributed by atoms with E-state index in [4.69, 9.17) is 0 Å². The number of guanidine groups is 1. The zero-order valence-corrected chi connectivity index (χ0v) is 19.0. The molecule has 0 unspecified atom stereocenters. The van der Waals surface area contributed by atoms with Crippen LogP contribution in [0.15, 0.2) is 34.2 Å². The van der Waals surface area contributed by atoms with Gasteiger partial charge in [-0.2, -0.15) is 5.10 Å². The van der Waals surface area contributed by atoms with Crippen molar-refractivity contribution < 1.29 is 0 Å². The summed E-state index contributed by atoms with van der Waals surface area (Å²) >= 11 is 0. The van der Waals surface area contributed by atoms with Gasteiger partial charge in [0.05, 0.1) is 12.2 Å². The average molecular weight is 486 g/mol. The van der Waals surface area contributed by atoms with E-state index in [1.165, 1.54) is 5.56 Å². The number of pyridine rings is 1. The topological polar surface area (TPSA) is 76.2 Å². The Hall–Kier alpha value is -1.84. The molecule has 2 heterocycles. The summed E-state index contributed by atoms with van der Waals surface area (Å²) in [4.78, 5) is 16.3. The summed E-state index contributed by atoms with van der Waals surface area (Å²) < 4.78 is 3.64. The molecule has 0 spiro atoms. The van der Waals surface area contributed by atoms with Crippen molar-refractivity contribution in [3.05, 3.63) is 51.7 Å². The molecule has 0 saturated heterocycles. The van der Waals surface area contributed by atoms with Crippen LogP contribution in [0.25, 0.3) is 0 Å². The van der Waals surface area contributed by atoms with Crippen LogP contribution in [0.5, 0.6) is 0 Å². The minimum absolute atomic E-state index is 0. The minimum atomic E-state index is 0. The van der Waals surface area contributed by atoms with Gasteiger partial charge in [0.25, 0.3) is 0 Å². The van der Waals surface area contributed by atoms with Crippen LogP contribution in [0.1, 0.15) is 36.7 Å². The lowest BCUT2D eigenvalue weighted by molar-refractivity contribution is 0.585. The number of aromatic nitrogens is 3. The Morgan fingerprint density at radius 1 is 1.22 bits per heavy atom. The number of aliphatic imine (C=N–C) groups is 1. The molecule has 0 fully saturated rings. The normalized spacial score (nSPS) is 11.2. The molecular weight excluding hydrogens is 455 g/mol. The number of nitrogens with one attached hydrogen (secondary N) is 2. The van der Waals surface area contributed by atoms with Gasteiger partial charge in [-0.1, -0.05) is 6.07 Å². The van der Waals surface area contributed by atoms with Crippen LogP contribution < -0.4 is 16.2 Å². The monoisotopic (exact) mass is 486 g/mol. The highest BCUT2D eigenvalue weighted by Crippen LogP contribution is 2.12. The van der Waals surface area contributed by atoms with Crippen LogP contribution in [0.2, 0.25) is 0 Å². The van der Waals surface area contributed by atoms with Crippen molar-refractivity contribution in [2.45, 2.75) is 46.7 Å². The zero-order valence-electron chi connectivity index (χ0n) is 16.7. The number of aryl methyl sites for hydroxylation is 3. The van der Waals surface area contributed by atoms with Crippen molar-refractivity contribution in [3.8, 4) is 0 Å². The fourth-order valence-electron chi connectivity index (χ4n) is 2.81. The number of nitrogens with zero attached hydrogens (tertiary/aromatic N) is 4. The molecule has 150 valence electrons. The highest BCUT2D eigenvalue weighted by molar-refractivity contribution is 14.0. The molecule has 0 aliphatic rings. The molecule has 8 heteroatoms. The second-order valence-electron chi connectivity index (χ2n) is 6.33. The molecule has 0 aromatic carbocycles. The van der Waals surface area contributed by atoms with Crippen molar-refractivity contribution in [2.24, 2.45) is 12.0 Å². The third-order valence-corrected chi connectivity index (χ3v) is 4.42. The van der Waals surface area contributed by atoms with E-state index in [0.717, 1.165) is 49.8 Å². The summed E-state index contributed by atoms with van der Waals surface area (Å²) in [5.41, 5.74) is 3.40. The molecule has 7 nitrogen and oxygen atoms in total. The lowest BCUT2D eigenvalue weighted by Gasteiger charge is -2.11. The number of hydrogen-bond donors (Lipinski definition) is 2. The van der Waals surface area contributed by atoms with Gasteiger partial charge >= 0.3 is 0 Å². The van der Waals surface area contributed by atoms with Crippen LogP contribution in [0.3, 0.4) is 0 Å². The van der Waals surface area contributed by atoms with E-state index in [9.17, 15) is 4.79 Å². The van der Waals surface area contributed by atoms with E-state index < -0.39 is 0 Å². The lowest BCUT2D eigenvalue weighted by atomic mass is 10.2. The molecule has 0 atom stereocenters. The maximum Gasteiger partial charge on any atom is 0.250 e. The van der Waals surface area contributed by atoms with Gasteiger partial charge in [0.2, 0.25) is 5.56 Å². The van der Waals surface area contributed by atoms with Crippen molar-refractivity contribution >= 4 is 29.9 Å². The Balaban J connectivity index is 0.00000364. The number of hydrogen-bond acceptors (Lipinski definition) is 3. The van der Waals surface area contributed by atoms with Crippen LogP contribution in [0.4, 0.5) is 0 Å². The van der Waals surface area contributed by atoms with E-state index in [1.807, 2.05) is 30.9 Å². The molecule has 0 saturated carbocycles. The molecule has 0 bridgehead atoms. The highest BCUT2D eigenvalue weighted by atomic mass is 127. The third kappa shape index (κ3) is 7.00. The fraction of sp³-hybridized carbons (Fsp3) is 0.526. The average Bonchev–Trinajstić information content (AvgIpc) is 2.86. The summed E-state index contributed by atoms with van der Waals surface area (Å²) in [5.74, 6) is 0.812. The quantitative estimate of drug-likeness (QED) is 0.260. The number of halogens is 1. The smallest absolute Gasteiger partial charge is 0.250 e. The molecule has 2 rings (SSSR count). The fourth-order valence-corrected chi connectivity index (χ4v) is 2.81. The minimum Gasteiger partial charge on any atom is -0.357 e. The lowest BCUT2D eigenvalue weighted by Crippen LogP contribution is -2.37. The molecule has 2 aromatic heterocycles. The van der Waals surface area contributed by atoms with Crippen LogP contribution in [-0.4, -0.2) is 33.4 Å². The van der Waals surface area contributed by atoms with Gasteiger partial charge in [-0.15, -0.1) is 24.0 Å². The Kier molecular flexibility index (Phi) is 10.1. The van der Waals surface area contributed by atoms with Gasteiger partial charge in [-0.05, 0) is 39.7 Å². The molecule has 0 radical (unpaired) electrons. The second kappa shape index (κ2) is 11.8. The van der Waals surface area contributed by atoms with E-state index in [2.05, 4.69) is 34.6 Å². The summed E-state index contributed by atoms with van der Waals surface area (Å²) in [6.45, 7) is 9.12. The molecule has 2 N–H and O–H groups in total. The summed E-state index contributed by atoms with van der Waals surface area (Å²) in [6.07, 6.45) is 3.74. The Morgan fingerprint density at radius 3 is 2.63 bits per heavy atom. The third-order valence-electron chi connectivity index (χ3n) is 4.42. The van der Waals surface area contributed by atoms with Gasteiger partial charge in [0, 0.05) is 50.2 Å². The zero-order chi connectivity index (χ0) is 18.9. The van der Waals surface area contributed by atoms with Crippen molar-refractivity contribution in [3.63, 3.8) is 0 Å². The summed E-state index contributed by atoms with van der Waals surface area (Å²) in [6, 6.07) is 5.25. The van der Waals surface area contributed by atoms with Crippen molar-refractivity contribution in [1.82, 2.24) is 25.0 Å². The SMILES string of the molecule is CCNC(=NCc1c(C)nn(C)c1C)NCCCCn1ccccc1=O.I. The molecular formula is C19H31IN6O. The largest absolute Gasteiger partial charge is 0.357 e. The van der Waals surface area contributed by atoms with Crippen molar-refractivity contribution in [1.29, 1.82) is 0 Å². The predicted octanol–water partition coefficient (Wildman–Crippen LogP) is 2.35. The Labute approximate surface area is 178 Å². The van der Waals surface area contributed by atoms with Crippen molar-refractivity contribution in [2.75, 3.05) is 13.1 Å². The standard InChI is InChI=1S/C19H30N6O.HI/c1-5-20-19(22-14-17-15(2)23-24(4)16(17)3)21-11-7-9-13-25-12-8-6-10-18(25)26;/h6,8,10,12H,5,7,9,11,13-14H2,1-4H3,(H2,20,21,22);1H. The molecule has 0 aliphatic heterocycles. The van der Waals surface area contributed by atoms with Crippen LogP contribution >= 0.6 is 24.0 Å². The van der Waals surface area contributed by atoms with E-state index in [0.29, 0.717) is 6.54 Å². The van der Waals surface area contributed by atoms with Gasteiger partial charge in [0.1, 0.15) is 0 Å². The first kappa shape index (κ1) is 23.2. The number of rotatable bonds is 8. The van der Waals surface area contributed by atoms with Gasteiger partial charge in [-0.3, -0.25) is 9.48 Å². The maximum atomic E-state index is 11.7. The molecule has 0 amide bonds. The molecule has 27 heavy (non-hydrogen) atoms. The second-order valence-corrected chi connectivity index (χ2v) is 6.33. The van der Waals surface area contributed by atoms with E-state index in [1.54, 1.807) is 16.7 Å². The van der Waals surface area contributed by atoms with Crippen LogP contribution in [0, 0.1) is 13.8 Å².